The molecule has 0 aromatic carbocycles. The summed E-state index contributed by atoms with van der Waals surface area (Å²) in [5.41, 5.74) is -0.537. The largest absolute Gasteiger partial charge is 0.469 e. The van der Waals surface area contributed by atoms with Crippen LogP contribution in [0.15, 0.2) is 0 Å². The maximum absolute atomic E-state index is 11.3. The molecule has 0 aliphatic heterocycles. The van der Waals surface area contributed by atoms with Crippen molar-refractivity contribution in [1.29, 1.82) is 0 Å². The molecule has 94 valence electrons. The highest BCUT2D eigenvalue weighted by Crippen LogP contribution is 2.29. The fourth-order valence-corrected chi connectivity index (χ4v) is 2.50. The molecule has 4 nitrogen and oxygen atoms in total. The van der Waals surface area contributed by atoms with E-state index in [2.05, 4.69) is 4.74 Å². The van der Waals surface area contributed by atoms with Crippen molar-refractivity contribution in [1.82, 2.24) is 4.90 Å². The number of hydrogen-bond donors (Lipinski definition) is 1. The zero-order valence-electron chi connectivity index (χ0n) is 10.5. The fourth-order valence-electron chi connectivity index (χ4n) is 2.50. The van der Waals surface area contributed by atoms with E-state index in [1.165, 1.54) is 7.11 Å². The van der Waals surface area contributed by atoms with E-state index >= 15 is 0 Å². The van der Waals surface area contributed by atoms with E-state index in [0.29, 0.717) is 13.1 Å². The first-order valence-corrected chi connectivity index (χ1v) is 5.95. The van der Waals surface area contributed by atoms with Gasteiger partial charge in [-0.15, -0.1) is 0 Å². The van der Waals surface area contributed by atoms with Gasteiger partial charge in [0.05, 0.1) is 18.6 Å². The van der Waals surface area contributed by atoms with E-state index in [0.717, 1.165) is 25.7 Å². The van der Waals surface area contributed by atoms with Crippen LogP contribution in [0.1, 0.15) is 32.6 Å². The van der Waals surface area contributed by atoms with E-state index in [-0.39, 0.29) is 11.9 Å². The second-order valence-corrected chi connectivity index (χ2v) is 5.05. The van der Waals surface area contributed by atoms with Crippen molar-refractivity contribution >= 4 is 5.97 Å². The van der Waals surface area contributed by atoms with Gasteiger partial charge in [0.25, 0.3) is 0 Å². The van der Waals surface area contributed by atoms with E-state index in [9.17, 15) is 9.90 Å². The predicted octanol–water partition coefficient (Wildman–Crippen LogP) is 1.03. The first-order chi connectivity index (χ1) is 7.47. The van der Waals surface area contributed by atoms with Crippen LogP contribution >= 0.6 is 0 Å². The van der Waals surface area contributed by atoms with Crippen LogP contribution in [0.4, 0.5) is 0 Å². The number of likely N-dealkylation sites (N-methyl/N-ethyl adjacent to an activating group) is 1. The van der Waals surface area contributed by atoms with Crippen LogP contribution in [0.3, 0.4) is 0 Å². The lowest BCUT2D eigenvalue weighted by molar-refractivity contribution is -0.145. The number of carbonyl (C=O) groups excluding carboxylic acids is 1. The Morgan fingerprint density at radius 2 is 2.06 bits per heavy atom. The SMILES string of the molecule is COC(=O)C(C)CN(C)CC1(O)CCCC1. The lowest BCUT2D eigenvalue weighted by atomic mass is 10.0. The molecule has 0 heterocycles. The van der Waals surface area contributed by atoms with Gasteiger partial charge in [-0.1, -0.05) is 19.8 Å². The van der Waals surface area contributed by atoms with Crippen LogP contribution in [0.5, 0.6) is 0 Å². The standard InChI is InChI=1S/C12H23NO3/c1-10(11(14)16-3)8-13(2)9-12(15)6-4-5-7-12/h10,15H,4-9H2,1-3H3. The highest BCUT2D eigenvalue weighted by atomic mass is 16.5. The normalized spacial score (nSPS) is 21.1. The third kappa shape index (κ3) is 3.76. The monoisotopic (exact) mass is 229 g/mol. The van der Waals surface area contributed by atoms with Crippen molar-refractivity contribution in [2.24, 2.45) is 5.92 Å². The average molecular weight is 229 g/mol. The van der Waals surface area contributed by atoms with Crippen LogP contribution < -0.4 is 0 Å². The van der Waals surface area contributed by atoms with Gasteiger partial charge in [-0.25, -0.2) is 0 Å². The molecule has 0 spiro atoms. The molecule has 0 amide bonds. The molecule has 4 heteroatoms. The summed E-state index contributed by atoms with van der Waals surface area (Å²) >= 11 is 0. The first-order valence-electron chi connectivity index (χ1n) is 5.95. The van der Waals surface area contributed by atoms with Gasteiger partial charge in [0.15, 0.2) is 0 Å². The molecule has 0 saturated heterocycles. The van der Waals surface area contributed by atoms with Gasteiger partial charge in [0.2, 0.25) is 0 Å². The maximum atomic E-state index is 11.3. The average Bonchev–Trinajstić information content (AvgIpc) is 2.62. The summed E-state index contributed by atoms with van der Waals surface area (Å²) in [4.78, 5) is 13.3. The molecule has 0 aromatic heterocycles. The summed E-state index contributed by atoms with van der Waals surface area (Å²) in [5, 5.41) is 10.2. The molecule has 0 radical (unpaired) electrons. The Hall–Kier alpha value is -0.610. The minimum Gasteiger partial charge on any atom is -0.469 e. The molecule has 1 aliphatic carbocycles. The molecule has 1 N–H and O–H groups in total. The second-order valence-electron chi connectivity index (χ2n) is 5.05. The smallest absolute Gasteiger partial charge is 0.309 e. The van der Waals surface area contributed by atoms with Crippen LogP contribution in [0.2, 0.25) is 0 Å². The van der Waals surface area contributed by atoms with E-state index < -0.39 is 5.60 Å². The third-order valence-corrected chi connectivity index (χ3v) is 3.29. The predicted molar refractivity (Wildman–Crippen MR) is 62.1 cm³/mol. The lowest BCUT2D eigenvalue weighted by Crippen LogP contribution is -2.41. The number of aliphatic hydroxyl groups is 1. The van der Waals surface area contributed by atoms with E-state index in [1.54, 1.807) is 0 Å². The highest BCUT2D eigenvalue weighted by Gasteiger charge is 2.32. The molecular weight excluding hydrogens is 206 g/mol. The van der Waals surface area contributed by atoms with Crippen molar-refractivity contribution in [3.8, 4) is 0 Å². The van der Waals surface area contributed by atoms with E-state index in [4.69, 9.17) is 0 Å². The Morgan fingerprint density at radius 3 is 2.56 bits per heavy atom. The second kappa shape index (κ2) is 5.64. The molecule has 1 fully saturated rings. The minimum atomic E-state index is -0.537. The summed E-state index contributed by atoms with van der Waals surface area (Å²) in [6.07, 6.45) is 3.97. The number of rotatable bonds is 5. The summed E-state index contributed by atoms with van der Waals surface area (Å²) < 4.78 is 4.68. The Bertz CT molecular complexity index is 236. The van der Waals surface area contributed by atoms with Gasteiger partial charge >= 0.3 is 5.97 Å². The van der Waals surface area contributed by atoms with Gasteiger partial charge in [-0.2, -0.15) is 0 Å². The maximum Gasteiger partial charge on any atom is 0.309 e. The van der Waals surface area contributed by atoms with Crippen LogP contribution in [-0.4, -0.2) is 48.8 Å². The molecule has 1 unspecified atom stereocenters. The van der Waals surface area contributed by atoms with Gasteiger partial charge < -0.3 is 14.7 Å². The van der Waals surface area contributed by atoms with Crippen LogP contribution in [0.25, 0.3) is 0 Å². The molecule has 0 aromatic rings. The van der Waals surface area contributed by atoms with E-state index in [1.807, 2.05) is 18.9 Å². The minimum absolute atomic E-state index is 0.139. The topological polar surface area (TPSA) is 49.8 Å². The first kappa shape index (κ1) is 13.5. The number of carbonyl (C=O) groups is 1. The van der Waals surface area contributed by atoms with Gasteiger partial charge in [0.1, 0.15) is 0 Å². The summed E-state index contributed by atoms with van der Waals surface area (Å²) in [6.45, 7) is 3.13. The Labute approximate surface area is 97.6 Å². The molecule has 16 heavy (non-hydrogen) atoms. The highest BCUT2D eigenvalue weighted by molar-refractivity contribution is 5.72. The van der Waals surface area contributed by atoms with Crippen molar-refractivity contribution in [2.45, 2.75) is 38.2 Å². The molecule has 1 aliphatic rings. The summed E-state index contributed by atoms with van der Waals surface area (Å²) in [7, 11) is 3.35. The number of esters is 1. The molecule has 1 saturated carbocycles. The van der Waals surface area contributed by atoms with Gasteiger partial charge in [0, 0.05) is 13.1 Å². The summed E-state index contributed by atoms with van der Waals surface area (Å²) in [5.74, 6) is -0.328. The fraction of sp³-hybridized carbons (Fsp3) is 0.917. The van der Waals surface area contributed by atoms with Crippen molar-refractivity contribution in [2.75, 3.05) is 27.2 Å². The van der Waals surface area contributed by atoms with Crippen molar-refractivity contribution < 1.29 is 14.6 Å². The van der Waals surface area contributed by atoms with Gasteiger partial charge in [-0.05, 0) is 19.9 Å². The molecule has 1 atom stereocenters. The number of hydrogen-bond acceptors (Lipinski definition) is 4. The van der Waals surface area contributed by atoms with Crippen molar-refractivity contribution in [3.63, 3.8) is 0 Å². The number of nitrogens with zero attached hydrogens (tertiary/aromatic N) is 1. The van der Waals surface area contributed by atoms with Crippen molar-refractivity contribution in [3.05, 3.63) is 0 Å². The number of methoxy groups -OCH3 is 1. The Balaban J connectivity index is 2.35. The lowest BCUT2D eigenvalue weighted by Gasteiger charge is -2.29. The molecule has 1 rings (SSSR count). The summed E-state index contributed by atoms with van der Waals surface area (Å²) in [6, 6.07) is 0. The Kier molecular flexibility index (Phi) is 4.74. The molecule has 0 bridgehead atoms. The third-order valence-electron chi connectivity index (χ3n) is 3.29. The zero-order valence-corrected chi connectivity index (χ0v) is 10.5. The quantitative estimate of drug-likeness (QED) is 0.715. The van der Waals surface area contributed by atoms with Crippen LogP contribution in [0, 0.1) is 5.92 Å². The number of ether oxygens (including phenoxy) is 1. The Morgan fingerprint density at radius 1 is 1.50 bits per heavy atom. The molecular formula is C12H23NO3. The zero-order chi connectivity index (χ0) is 12.2. The van der Waals surface area contributed by atoms with Crippen LogP contribution in [-0.2, 0) is 9.53 Å². The van der Waals surface area contributed by atoms with Gasteiger partial charge in [-0.3, -0.25) is 4.79 Å².